The van der Waals surface area contributed by atoms with Gasteiger partial charge in [-0.05, 0) is 37.0 Å². The van der Waals surface area contributed by atoms with E-state index in [1.165, 1.54) is 0 Å². The number of nitrogens with one attached hydrogen (secondary N) is 1. The average Bonchev–Trinajstić information content (AvgIpc) is 3.12. The zero-order valence-corrected chi connectivity index (χ0v) is 9.19. The van der Waals surface area contributed by atoms with E-state index in [9.17, 15) is 19.4 Å². The molecule has 2 rings (SSSR count). The molecule has 1 amide bonds. The summed E-state index contributed by atoms with van der Waals surface area (Å²) in [6, 6.07) is 3.17. The van der Waals surface area contributed by atoms with Crippen LogP contribution < -0.4 is 5.32 Å². The van der Waals surface area contributed by atoms with E-state index in [-0.39, 0.29) is 23.8 Å². The second-order valence-electron chi connectivity index (χ2n) is 4.28. The van der Waals surface area contributed by atoms with E-state index in [0.29, 0.717) is 0 Å². The fraction of sp³-hybridized carbons (Fsp3) is 0.417. The van der Waals surface area contributed by atoms with Gasteiger partial charge in [0, 0.05) is 6.54 Å². The molecule has 4 nitrogen and oxygen atoms in total. The highest BCUT2D eigenvalue weighted by molar-refractivity contribution is 5.96. The van der Waals surface area contributed by atoms with Gasteiger partial charge in [-0.1, -0.05) is 0 Å². The number of carbonyl (C=O) groups excluding carboxylic acids is 1. The highest BCUT2D eigenvalue weighted by Gasteiger charge is 2.29. The minimum Gasteiger partial charge on any atom is -0.507 e. The SMILES string of the molecule is O=C(NCC(O)C1CC1)c1cc(F)ccc1O. The fourth-order valence-electron chi connectivity index (χ4n) is 1.63. The van der Waals surface area contributed by atoms with Crippen LogP contribution >= 0.6 is 0 Å². The zero-order valence-electron chi connectivity index (χ0n) is 9.19. The van der Waals surface area contributed by atoms with Crippen molar-refractivity contribution in [3.63, 3.8) is 0 Å². The van der Waals surface area contributed by atoms with Crippen molar-refractivity contribution < 1.29 is 19.4 Å². The van der Waals surface area contributed by atoms with E-state index >= 15 is 0 Å². The Morgan fingerprint density at radius 1 is 1.53 bits per heavy atom. The number of halogens is 1. The van der Waals surface area contributed by atoms with E-state index in [1.807, 2.05) is 0 Å². The number of aliphatic hydroxyl groups excluding tert-OH is 1. The standard InChI is InChI=1S/C12H14FNO3/c13-8-3-4-10(15)9(5-8)12(17)14-6-11(16)7-1-2-7/h3-5,7,11,15-16H,1-2,6H2,(H,14,17). The van der Waals surface area contributed by atoms with Crippen molar-refractivity contribution in [3.05, 3.63) is 29.6 Å². The van der Waals surface area contributed by atoms with Crippen molar-refractivity contribution in [1.29, 1.82) is 0 Å². The Bertz CT molecular complexity index is 432. The van der Waals surface area contributed by atoms with Gasteiger partial charge in [0.1, 0.15) is 11.6 Å². The second kappa shape index (κ2) is 4.71. The molecule has 1 aliphatic rings. The number of aromatic hydroxyl groups is 1. The Hall–Kier alpha value is -1.62. The van der Waals surface area contributed by atoms with Crippen molar-refractivity contribution >= 4 is 5.91 Å². The number of amides is 1. The third kappa shape index (κ3) is 2.94. The van der Waals surface area contributed by atoms with Crippen LogP contribution in [-0.2, 0) is 0 Å². The van der Waals surface area contributed by atoms with Crippen molar-refractivity contribution in [2.45, 2.75) is 18.9 Å². The van der Waals surface area contributed by atoms with Crippen molar-refractivity contribution in [3.8, 4) is 5.75 Å². The first kappa shape index (κ1) is 11.9. The Labute approximate surface area is 98.1 Å². The summed E-state index contributed by atoms with van der Waals surface area (Å²) < 4.78 is 12.9. The predicted octanol–water partition coefficient (Wildman–Crippen LogP) is 1.03. The van der Waals surface area contributed by atoms with Crippen LogP contribution in [0.5, 0.6) is 5.75 Å². The number of aliphatic hydroxyl groups is 1. The van der Waals surface area contributed by atoms with E-state index in [0.717, 1.165) is 31.0 Å². The molecule has 1 aliphatic carbocycles. The highest BCUT2D eigenvalue weighted by Crippen LogP contribution is 2.32. The Balaban J connectivity index is 1.96. The summed E-state index contributed by atoms with van der Waals surface area (Å²) in [4.78, 5) is 11.6. The number of benzene rings is 1. The molecule has 17 heavy (non-hydrogen) atoms. The van der Waals surface area contributed by atoms with Crippen LogP contribution in [0.4, 0.5) is 4.39 Å². The molecule has 1 aromatic rings. The lowest BCUT2D eigenvalue weighted by molar-refractivity contribution is 0.0898. The lowest BCUT2D eigenvalue weighted by Gasteiger charge is -2.11. The van der Waals surface area contributed by atoms with Gasteiger partial charge in [-0.3, -0.25) is 4.79 Å². The number of phenols is 1. The van der Waals surface area contributed by atoms with Crippen LogP contribution in [0.25, 0.3) is 0 Å². The molecule has 92 valence electrons. The topological polar surface area (TPSA) is 69.6 Å². The largest absolute Gasteiger partial charge is 0.507 e. The minimum atomic E-state index is -0.587. The molecular formula is C12H14FNO3. The first-order chi connectivity index (χ1) is 8.08. The van der Waals surface area contributed by atoms with Gasteiger partial charge < -0.3 is 15.5 Å². The molecular weight excluding hydrogens is 225 g/mol. The van der Waals surface area contributed by atoms with Gasteiger partial charge in [-0.25, -0.2) is 4.39 Å². The van der Waals surface area contributed by atoms with Gasteiger partial charge >= 0.3 is 0 Å². The third-order valence-corrected chi connectivity index (χ3v) is 2.84. The maximum Gasteiger partial charge on any atom is 0.255 e. The van der Waals surface area contributed by atoms with Gasteiger partial charge in [-0.2, -0.15) is 0 Å². The molecule has 0 aliphatic heterocycles. The molecule has 0 bridgehead atoms. The van der Waals surface area contributed by atoms with Crippen molar-refractivity contribution in [2.75, 3.05) is 6.54 Å². The first-order valence-corrected chi connectivity index (χ1v) is 5.52. The summed E-state index contributed by atoms with van der Waals surface area (Å²) in [5.74, 6) is -1.18. The average molecular weight is 239 g/mol. The molecule has 0 saturated heterocycles. The smallest absolute Gasteiger partial charge is 0.255 e. The van der Waals surface area contributed by atoms with Crippen LogP contribution in [0, 0.1) is 11.7 Å². The Kier molecular flexibility index (Phi) is 3.28. The summed E-state index contributed by atoms with van der Waals surface area (Å²) in [5.41, 5.74) is -0.118. The van der Waals surface area contributed by atoms with Crippen LogP contribution in [0.15, 0.2) is 18.2 Å². The molecule has 1 atom stereocenters. The first-order valence-electron chi connectivity index (χ1n) is 5.52. The summed E-state index contributed by atoms with van der Waals surface area (Å²) in [7, 11) is 0. The van der Waals surface area contributed by atoms with Gasteiger partial charge in [0.05, 0.1) is 11.7 Å². The number of phenolic OH excluding ortho intramolecular Hbond substituents is 1. The normalized spacial score (nSPS) is 16.6. The molecule has 3 N–H and O–H groups in total. The van der Waals surface area contributed by atoms with Gasteiger partial charge in [0.15, 0.2) is 0 Å². The van der Waals surface area contributed by atoms with Crippen molar-refractivity contribution in [2.24, 2.45) is 5.92 Å². The Morgan fingerprint density at radius 3 is 2.88 bits per heavy atom. The lowest BCUT2D eigenvalue weighted by Crippen LogP contribution is -2.33. The Morgan fingerprint density at radius 2 is 2.24 bits per heavy atom. The maximum absolute atomic E-state index is 12.9. The van der Waals surface area contributed by atoms with E-state index in [1.54, 1.807) is 0 Å². The summed E-state index contributed by atoms with van der Waals surface area (Å²) in [5, 5.41) is 21.4. The van der Waals surface area contributed by atoms with E-state index in [4.69, 9.17) is 0 Å². The van der Waals surface area contributed by atoms with Gasteiger partial charge in [0.25, 0.3) is 5.91 Å². The van der Waals surface area contributed by atoms with Gasteiger partial charge in [0.2, 0.25) is 0 Å². The number of rotatable bonds is 4. The molecule has 1 fully saturated rings. The molecule has 0 radical (unpaired) electrons. The molecule has 1 saturated carbocycles. The monoisotopic (exact) mass is 239 g/mol. The molecule has 0 spiro atoms. The van der Waals surface area contributed by atoms with Gasteiger partial charge in [-0.15, -0.1) is 0 Å². The van der Waals surface area contributed by atoms with Crippen LogP contribution in [0.2, 0.25) is 0 Å². The third-order valence-electron chi connectivity index (χ3n) is 2.84. The number of hydrogen-bond donors (Lipinski definition) is 3. The van der Waals surface area contributed by atoms with E-state index in [2.05, 4.69) is 5.32 Å². The fourth-order valence-corrected chi connectivity index (χ4v) is 1.63. The predicted molar refractivity (Wildman–Crippen MR) is 59.1 cm³/mol. The molecule has 1 unspecified atom stereocenters. The molecule has 0 aromatic heterocycles. The highest BCUT2D eigenvalue weighted by atomic mass is 19.1. The van der Waals surface area contributed by atoms with Crippen LogP contribution in [0.3, 0.4) is 0 Å². The molecule has 5 heteroatoms. The maximum atomic E-state index is 12.9. The van der Waals surface area contributed by atoms with E-state index < -0.39 is 17.8 Å². The quantitative estimate of drug-likeness (QED) is 0.735. The minimum absolute atomic E-state index is 0.118. The molecule has 0 heterocycles. The second-order valence-corrected chi connectivity index (χ2v) is 4.28. The molecule has 1 aromatic carbocycles. The summed E-state index contributed by atoms with van der Waals surface area (Å²) in [6.45, 7) is 0.124. The number of carbonyl (C=O) groups is 1. The van der Waals surface area contributed by atoms with Crippen LogP contribution in [-0.4, -0.2) is 28.8 Å². The lowest BCUT2D eigenvalue weighted by atomic mass is 10.1. The number of hydrogen-bond acceptors (Lipinski definition) is 3. The zero-order chi connectivity index (χ0) is 12.4. The summed E-state index contributed by atoms with van der Waals surface area (Å²) in [6.07, 6.45) is 1.39. The van der Waals surface area contributed by atoms with Crippen molar-refractivity contribution in [1.82, 2.24) is 5.32 Å². The van der Waals surface area contributed by atoms with Crippen LogP contribution in [0.1, 0.15) is 23.2 Å². The summed E-state index contributed by atoms with van der Waals surface area (Å²) >= 11 is 0.